The number of pyridine rings is 1. The molecule has 31 heavy (non-hydrogen) atoms. The van der Waals surface area contributed by atoms with E-state index in [0.717, 1.165) is 15.8 Å². The SMILES string of the molecule is Cc1ccc2nc(N(Cc3ccccn3)C(=O)c3cc(=O)c4ccccc4o3)sc2c1. The topological polar surface area (TPSA) is 76.3 Å². The number of carbonyl (C=O) groups excluding carboxylic acids is 1. The third-order valence-corrected chi connectivity index (χ3v) is 5.94. The fourth-order valence-corrected chi connectivity index (χ4v) is 4.42. The largest absolute Gasteiger partial charge is 0.451 e. The summed E-state index contributed by atoms with van der Waals surface area (Å²) in [6.07, 6.45) is 1.68. The first-order valence-corrected chi connectivity index (χ1v) is 10.5. The Labute approximate surface area is 181 Å². The zero-order valence-corrected chi connectivity index (χ0v) is 17.4. The van der Waals surface area contributed by atoms with Crippen molar-refractivity contribution in [2.24, 2.45) is 0 Å². The molecule has 152 valence electrons. The average molecular weight is 427 g/mol. The van der Waals surface area contributed by atoms with Gasteiger partial charge in [-0.2, -0.15) is 0 Å². The number of anilines is 1. The Morgan fingerprint density at radius 2 is 1.90 bits per heavy atom. The Morgan fingerprint density at radius 3 is 2.74 bits per heavy atom. The molecule has 0 fully saturated rings. The fraction of sp³-hybridized carbons (Fsp3) is 0.0833. The molecule has 0 unspecified atom stereocenters. The molecule has 0 spiro atoms. The number of aryl methyl sites for hydroxylation is 1. The monoisotopic (exact) mass is 427 g/mol. The van der Waals surface area contributed by atoms with Crippen LogP contribution in [0.25, 0.3) is 21.2 Å². The first-order valence-electron chi connectivity index (χ1n) is 9.70. The highest BCUT2D eigenvalue weighted by Gasteiger charge is 2.25. The van der Waals surface area contributed by atoms with Gasteiger partial charge in [0.05, 0.1) is 27.8 Å². The average Bonchev–Trinajstić information content (AvgIpc) is 3.20. The molecule has 0 aliphatic carbocycles. The van der Waals surface area contributed by atoms with Crippen LogP contribution in [-0.2, 0) is 6.54 Å². The molecule has 5 rings (SSSR count). The second-order valence-corrected chi connectivity index (χ2v) is 8.16. The third-order valence-electron chi connectivity index (χ3n) is 4.90. The molecular formula is C24H17N3O3S. The molecule has 0 N–H and O–H groups in total. The molecular weight excluding hydrogens is 410 g/mol. The smallest absolute Gasteiger partial charge is 0.296 e. The van der Waals surface area contributed by atoms with Crippen LogP contribution in [0, 0.1) is 6.92 Å². The molecule has 3 heterocycles. The predicted octanol–water partition coefficient (Wildman–Crippen LogP) is 4.95. The summed E-state index contributed by atoms with van der Waals surface area (Å²) in [5.41, 5.74) is 2.74. The predicted molar refractivity (Wildman–Crippen MR) is 122 cm³/mol. The van der Waals surface area contributed by atoms with Crippen LogP contribution in [0.2, 0.25) is 0 Å². The van der Waals surface area contributed by atoms with E-state index in [0.29, 0.717) is 21.8 Å². The lowest BCUT2D eigenvalue weighted by atomic mass is 10.2. The second-order valence-electron chi connectivity index (χ2n) is 7.15. The van der Waals surface area contributed by atoms with Gasteiger partial charge in [0, 0.05) is 12.3 Å². The second kappa shape index (κ2) is 7.77. The van der Waals surface area contributed by atoms with Gasteiger partial charge in [-0.05, 0) is 48.9 Å². The van der Waals surface area contributed by atoms with E-state index < -0.39 is 5.91 Å². The summed E-state index contributed by atoms with van der Waals surface area (Å²) in [5.74, 6) is -0.473. The number of fused-ring (bicyclic) bond motifs is 2. The highest BCUT2D eigenvalue weighted by Crippen LogP contribution is 2.31. The normalized spacial score (nSPS) is 11.1. The lowest BCUT2D eigenvalue weighted by molar-refractivity contribution is 0.0958. The Hall–Kier alpha value is -3.84. The summed E-state index contributed by atoms with van der Waals surface area (Å²) in [7, 11) is 0. The van der Waals surface area contributed by atoms with Gasteiger partial charge in [-0.15, -0.1) is 0 Å². The van der Waals surface area contributed by atoms with E-state index in [1.807, 2.05) is 43.3 Å². The molecule has 0 radical (unpaired) electrons. The number of hydrogen-bond acceptors (Lipinski definition) is 6. The van der Waals surface area contributed by atoms with Crippen LogP contribution in [0.5, 0.6) is 0 Å². The molecule has 3 aromatic heterocycles. The number of aromatic nitrogens is 2. The van der Waals surface area contributed by atoms with E-state index in [9.17, 15) is 9.59 Å². The number of hydrogen-bond donors (Lipinski definition) is 0. The molecule has 7 heteroatoms. The maximum Gasteiger partial charge on any atom is 0.296 e. The van der Waals surface area contributed by atoms with Crippen LogP contribution < -0.4 is 10.3 Å². The molecule has 0 atom stereocenters. The Balaban J connectivity index is 1.62. The van der Waals surface area contributed by atoms with E-state index in [2.05, 4.69) is 9.97 Å². The molecule has 6 nitrogen and oxygen atoms in total. The quantitative estimate of drug-likeness (QED) is 0.405. The summed E-state index contributed by atoms with van der Waals surface area (Å²) in [5, 5.41) is 0.956. The van der Waals surface area contributed by atoms with E-state index in [1.165, 1.54) is 22.3 Å². The van der Waals surface area contributed by atoms with E-state index >= 15 is 0 Å². The highest BCUT2D eigenvalue weighted by molar-refractivity contribution is 7.22. The number of carbonyl (C=O) groups is 1. The zero-order chi connectivity index (χ0) is 21.4. The van der Waals surface area contributed by atoms with Crippen LogP contribution in [0.1, 0.15) is 21.8 Å². The van der Waals surface area contributed by atoms with Crippen molar-refractivity contribution in [3.63, 3.8) is 0 Å². The lowest BCUT2D eigenvalue weighted by Gasteiger charge is -2.19. The number of thiazole rings is 1. The molecule has 5 aromatic rings. The van der Waals surface area contributed by atoms with Gasteiger partial charge >= 0.3 is 0 Å². The number of rotatable bonds is 4. The van der Waals surface area contributed by atoms with Crippen molar-refractivity contribution < 1.29 is 9.21 Å². The maximum atomic E-state index is 13.5. The van der Waals surface area contributed by atoms with Crippen LogP contribution in [0.3, 0.4) is 0 Å². The molecule has 1 amide bonds. The highest BCUT2D eigenvalue weighted by atomic mass is 32.1. The summed E-state index contributed by atoms with van der Waals surface area (Å²) in [6, 6.07) is 19.6. The van der Waals surface area contributed by atoms with Gasteiger partial charge in [0.15, 0.2) is 16.3 Å². The van der Waals surface area contributed by atoms with Gasteiger partial charge in [-0.3, -0.25) is 19.5 Å². The number of amides is 1. The molecule has 2 aromatic carbocycles. The van der Waals surface area contributed by atoms with E-state index in [4.69, 9.17) is 4.42 Å². The van der Waals surface area contributed by atoms with Crippen molar-refractivity contribution in [1.29, 1.82) is 0 Å². The van der Waals surface area contributed by atoms with Crippen LogP contribution in [0.15, 0.2) is 82.1 Å². The van der Waals surface area contributed by atoms with Gasteiger partial charge < -0.3 is 4.42 Å². The van der Waals surface area contributed by atoms with E-state index in [1.54, 1.807) is 30.5 Å². The van der Waals surface area contributed by atoms with Crippen molar-refractivity contribution in [2.75, 3.05) is 4.90 Å². The van der Waals surface area contributed by atoms with E-state index in [-0.39, 0.29) is 17.7 Å². The van der Waals surface area contributed by atoms with Gasteiger partial charge in [-0.1, -0.05) is 35.6 Å². The summed E-state index contributed by atoms with van der Waals surface area (Å²) >= 11 is 1.42. The van der Waals surface area contributed by atoms with Crippen LogP contribution >= 0.6 is 11.3 Å². The van der Waals surface area contributed by atoms with Crippen molar-refractivity contribution in [3.8, 4) is 0 Å². The Kier molecular flexibility index (Phi) is 4.80. The minimum atomic E-state index is -0.440. The maximum absolute atomic E-state index is 13.5. The molecule has 0 saturated carbocycles. The lowest BCUT2D eigenvalue weighted by Crippen LogP contribution is -2.31. The van der Waals surface area contributed by atoms with Gasteiger partial charge in [0.1, 0.15) is 5.58 Å². The van der Waals surface area contributed by atoms with Crippen molar-refractivity contribution >= 4 is 43.6 Å². The zero-order valence-electron chi connectivity index (χ0n) is 16.6. The summed E-state index contributed by atoms with van der Waals surface area (Å²) in [6.45, 7) is 2.22. The molecule has 0 aliphatic heterocycles. The van der Waals surface area contributed by atoms with Crippen molar-refractivity contribution in [2.45, 2.75) is 13.5 Å². The first kappa shape index (κ1) is 19.1. The Bertz CT molecular complexity index is 1470. The fourth-order valence-electron chi connectivity index (χ4n) is 3.36. The van der Waals surface area contributed by atoms with Crippen molar-refractivity contribution in [1.82, 2.24) is 9.97 Å². The van der Waals surface area contributed by atoms with Gasteiger partial charge in [0.25, 0.3) is 5.91 Å². The number of benzene rings is 2. The minimum Gasteiger partial charge on any atom is -0.451 e. The molecule has 0 saturated heterocycles. The first-order chi connectivity index (χ1) is 15.1. The summed E-state index contributed by atoms with van der Waals surface area (Å²) in [4.78, 5) is 36.6. The summed E-state index contributed by atoms with van der Waals surface area (Å²) < 4.78 is 6.78. The Morgan fingerprint density at radius 1 is 1.06 bits per heavy atom. The standard InChI is InChI=1S/C24H17N3O3S/c1-15-9-10-18-22(12-15)31-24(26-18)27(14-16-6-4-5-11-25-16)23(29)21-13-19(28)17-7-2-3-8-20(17)30-21/h2-13H,14H2,1H3. The van der Waals surface area contributed by atoms with Gasteiger partial charge in [0.2, 0.25) is 0 Å². The van der Waals surface area contributed by atoms with Crippen molar-refractivity contribution in [3.05, 3.63) is 100 Å². The van der Waals surface area contributed by atoms with Crippen LogP contribution in [0.4, 0.5) is 5.13 Å². The number of nitrogens with zero attached hydrogens (tertiary/aromatic N) is 3. The molecule has 0 bridgehead atoms. The van der Waals surface area contributed by atoms with Gasteiger partial charge in [-0.25, -0.2) is 4.98 Å². The minimum absolute atomic E-state index is 0.0323. The van der Waals surface area contributed by atoms with Crippen LogP contribution in [-0.4, -0.2) is 15.9 Å². The number of para-hydroxylation sites is 1. The third kappa shape index (κ3) is 3.71. The molecule has 0 aliphatic rings.